The van der Waals surface area contributed by atoms with Crippen molar-refractivity contribution in [1.82, 2.24) is 4.90 Å². The van der Waals surface area contributed by atoms with Crippen molar-refractivity contribution in [3.05, 3.63) is 56.0 Å². The van der Waals surface area contributed by atoms with Crippen molar-refractivity contribution in [2.75, 3.05) is 25.6 Å². The number of methoxy groups -OCH3 is 1. The lowest BCUT2D eigenvalue weighted by molar-refractivity contribution is -0.122. The van der Waals surface area contributed by atoms with Crippen LogP contribution >= 0.6 is 46.6 Å². The molecular weight excluding hydrogens is 559 g/mol. The number of halogens is 1. The maximum atomic E-state index is 12.6. The van der Waals surface area contributed by atoms with Crippen LogP contribution in [0.2, 0.25) is 0 Å². The number of nitrogens with zero attached hydrogens (tertiary/aromatic N) is 1. The van der Waals surface area contributed by atoms with Gasteiger partial charge in [-0.25, -0.2) is 0 Å². The Morgan fingerprint density at radius 1 is 1.28 bits per heavy atom. The van der Waals surface area contributed by atoms with Crippen molar-refractivity contribution in [3.63, 3.8) is 0 Å². The zero-order chi connectivity index (χ0) is 23.3. The van der Waals surface area contributed by atoms with Gasteiger partial charge in [0.05, 0.1) is 15.6 Å². The summed E-state index contributed by atoms with van der Waals surface area (Å²) in [5.74, 6) is 0.609. The molecule has 1 N–H and O–H groups in total. The fourth-order valence-electron chi connectivity index (χ4n) is 3.00. The molecule has 6 nitrogen and oxygen atoms in total. The topological polar surface area (TPSA) is 67.9 Å². The number of hydrogen-bond donors (Lipinski definition) is 1. The number of ether oxygens (including phenoxy) is 2. The summed E-state index contributed by atoms with van der Waals surface area (Å²) in [6, 6.07) is 11.2. The molecule has 1 saturated heterocycles. The third-order valence-corrected chi connectivity index (χ3v) is 6.73. The van der Waals surface area contributed by atoms with Crippen LogP contribution in [0.25, 0.3) is 6.08 Å². The fraction of sp³-hybridized carbons (Fsp3) is 0.261. The Labute approximate surface area is 210 Å². The van der Waals surface area contributed by atoms with Gasteiger partial charge in [-0.3, -0.25) is 14.5 Å². The number of carbonyl (C=O) groups is 2. The van der Waals surface area contributed by atoms with Gasteiger partial charge in [0.25, 0.3) is 11.8 Å². The van der Waals surface area contributed by atoms with E-state index in [1.54, 1.807) is 17.0 Å². The summed E-state index contributed by atoms with van der Waals surface area (Å²) in [5.41, 5.74) is 2.62. The number of nitrogens with one attached hydrogen (secondary N) is 1. The monoisotopic (exact) mass is 582 g/mol. The molecule has 0 spiro atoms. The first-order chi connectivity index (χ1) is 15.3. The number of rotatable bonds is 8. The second-order valence-electron chi connectivity index (χ2n) is 7.07. The highest BCUT2D eigenvalue weighted by atomic mass is 127. The quantitative estimate of drug-likeness (QED) is 0.261. The van der Waals surface area contributed by atoms with E-state index in [4.69, 9.17) is 21.7 Å². The van der Waals surface area contributed by atoms with E-state index in [2.05, 4.69) is 27.9 Å². The molecule has 1 aliphatic heterocycles. The summed E-state index contributed by atoms with van der Waals surface area (Å²) in [6.07, 6.45) is 2.64. The number of hydrogen-bond acceptors (Lipinski definition) is 6. The van der Waals surface area contributed by atoms with Crippen molar-refractivity contribution < 1.29 is 19.1 Å². The molecule has 168 valence electrons. The molecule has 32 heavy (non-hydrogen) atoms. The summed E-state index contributed by atoms with van der Waals surface area (Å²) < 4.78 is 12.6. The lowest BCUT2D eigenvalue weighted by atomic mass is 10.2. The third kappa shape index (κ3) is 6.02. The van der Waals surface area contributed by atoms with E-state index in [0.29, 0.717) is 33.0 Å². The SMILES string of the molecule is CCCN1C(=O)/C(=C/c2cc(I)c(OCC(=O)Nc3ccc(C)cc3)c(OC)c2)SC1=S. The van der Waals surface area contributed by atoms with E-state index in [-0.39, 0.29) is 18.4 Å². The van der Waals surface area contributed by atoms with Crippen molar-refractivity contribution in [3.8, 4) is 11.5 Å². The van der Waals surface area contributed by atoms with Crippen molar-refractivity contribution in [2.24, 2.45) is 0 Å². The van der Waals surface area contributed by atoms with E-state index < -0.39 is 0 Å². The van der Waals surface area contributed by atoms with Crippen LogP contribution in [-0.4, -0.2) is 41.3 Å². The first-order valence-corrected chi connectivity index (χ1v) is 12.2. The maximum absolute atomic E-state index is 12.6. The van der Waals surface area contributed by atoms with Crippen molar-refractivity contribution >= 4 is 74.5 Å². The number of aryl methyl sites for hydroxylation is 1. The Morgan fingerprint density at radius 3 is 2.66 bits per heavy atom. The molecule has 0 radical (unpaired) electrons. The summed E-state index contributed by atoms with van der Waals surface area (Å²) in [6.45, 7) is 4.45. The molecule has 2 aromatic rings. The standard InChI is InChI=1S/C23H23IN2O4S2/c1-4-9-26-22(28)19(32-23(26)31)12-15-10-17(24)21(18(11-15)29-3)30-13-20(27)25-16-7-5-14(2)6-8-16/h5-8,10-12H,4,9,13H2,1-3H3,(H,25,27)/b19-12-. The van der Waals surface area contributed by atoms with Crippen LogP contribution in [0.1, 0.15) is 24.5 Å². The molecule has 1 fully saturated rings. The van der Waals surface area contributed by atoms with Crippen molar-refractivity contribution in [1.29, 1.82) is 0 Å². The molecular formula is C23H23IN2O4S2. The van der Waals surface area contributed by atoms with E-state index in [9.17, 15) is 9.59 Å². The summed E-state index contributed by atoms with van der Waals surface area (Å²) in [7, 11) is 1.54. The molecule has 0 aromatic heterocycles. The average molecular weight is 582 g/mol. The van der Waals surface area contributed by atoms with Gasteiger partial charge >= 0.3 is 0 Å². The minimum atomic E-state index is -0.268. The summed E-state index contributed by atoms with van der Waals surface area (Å²) in [5, 5.41) is 2.81. The second kappa shape index (κ2) is 11.2. The Kier molecular flexibility index (Phi) is 8.55. The van der Waals surface area contributed by atoms with Gasteiger partial charge in [0, 0.05) is 12.2 Å². The average Bonchev–Trinajstić information content (AvgIpc) is 3.02. The van der Waals surface area contributed by atoms with Gasteiger partial charge in [0.15, 0.2) is 18.1 Å². The van der Waals surface area contributed by atoms with E-state index in [1.165, 1.54) is 18.9 Å². The predicted octanol–water partition coefficient (Wildman–Crippen LogP) is 5.24. The molecule has 0 saturated carbocycles. The Hall–Kier alpha value is -2.11. The van der Waals surface area contributed by atoms with E-state index in [1.807, 2.05) is 44.2 Å². The number of carbonyl (C=O) groups excluding carboxylic acids is 2. The Balaban J connectivity index is 1.72. The smallest absolute Gasteiger partial charge is 0.266 e. The second-order valence-corrected chi connectivity index (χ2v) is 9.91. The molecule has 2 amide bonds. The molecule has 1 aliphatic rings. The zero-order valence-corrected chi connectivity index (χ0v) is 21.7. The van der Waals surface area contributed by atoms with Crippen LogP contribution in [0, 0.1) is 10.5 Å². The minimum absolute atomic E-state index is 0.0797. The first-order valence-electron chi connectivity index (χ1n) is 9.94. The number of thiocarbonyl (C=S) groups is 1. The van der Waals surface area contributed by atoms with Gasteiger partial charge in [0.1, 0.15) is 4.32 Å². The summed E-state index contributed by atoms with van der Waals surface area (Å²) in [4.78, 5) is 27.1. The lowest BCUT2D eigenvalue weighted by Crippen LogP contribution is -2.28. The molecule has 2 aromatic carbocycles. The van der Waals surface area contributed by atoms with E-state index in [0.717, 1.165) is 21.1 Å². The van der Waals surface area contributed by atoms with Crippen LogP contribution in [0.4, 0.5) is 5.69 Å². The van der Waals surface area contributed by atoms with Gasteiger partial charge in [-0.2, -0.15) is 0 Å². The summed E-state index contributed by atoms with van der Waals surface area (Å²) >= 11 is 8.75. The van der Waals surface area contributed by atoms with Gasteiger partial charge in [-0.1, -0.05) is 48.6 Å². The van der Waals surface area contributed by atoms with Gasteiger partial charge < -0.3 is 14.8 Å². The van der Waals surface area contributed by atoms with Crippen molar-refractivity contribution in [2.45, 2.75) is 20.3 Å². The highest BCUT2D eigenvalue weighted by Gasteiger charge is 2.31. The molecule has 0 unspecified atom stereocenters. The number of anilines is 1. The number of thioether (sulfide) groups is 1. The molecule has 9 heteroatoms. The van der Waals surface area contributed by atoms with Crippen LogP contribution in [0.3, 0.4) is 0 Å². The lowest BCUT2D eigenvalue weighted by Gasteiger charge is -2.14. The van der Waals surface area contributed by atoms with Crippen LogP contribution < -0.4 is 14.8 Å². The number of amides is 2. The minimum Gasteiger partial charge on any atom is -0.493 e. The molecule has 0 aliphatic carbocycles. The maximum Gasteiger partial charge on any atom is 0.266 e. The third-order valence-electron chi connectivity index (χ3n) is 4.55. The highest BCUT2D eigenvalue weighted by molar-refractivity contribution is 14.1. The van der Waals surface area contributed by atoms with Crippen LogP contribution in [0.15, 0.2) is 41.3 Å². The van der Waals surface area contributed by atoms with Crippen LogP contribution in [-0.2, 0) is 9.59 Å². The molecule has 1 heterocycles. The van der Waals surface area contributed by atoms with Gasteiger partial charge in [0.2, 0.25) is 0 Å². The normalized spacial score (nSPS) is 14.8. The van der Waals surface area contributed by atoms with E-state index >= 15 is 0 Å². The molecule has 0 bridgehead atoms. The molecule has 3 rings (SSSR count). The fourth-order valence-corrected chi connectivity index (χ4v) is 5.09. The highest BCUT2D eigenvalue weighted by Crippen LogP contribution is 2.37. The van der Waals surface area contributed by atoms with Gasteiger partial charge in [-0.15, -0.1) is 0 Å². The Morgan fingerprint density at radius 2 is 2.00 bits per heavy atom. The Bertz CT molecular complexity index is 1070. The number of benzene rings is 2. The first kappa shape index (κ1) is 24.5. The zero-order valence-electron chi connectivity index (χ0n) is 17.9. The van der Waals surface area contributed by atoms with Crippen LogP contribution in [0.5, 0.6) is 11.5 Å². The predicted molar refractivity (Wildman–Crippen MR) is 141 cm³/mol. The largest absolute Gasteiger partial charge is 0.493 e. The van der Waals surface area contributed by atoms with Gasteiger partial charge in [-0.05, 0) is 71.8 Å². The molecule has 0 atom stereocenters.